The van der Waals surface area contributed by atoms with Crippen LogP contribution in [0.2, 0.25) is 0 Å². The molecule has 3 rings (SSSR count). The molecule has 0 spiro atoms. The Morgan fingerprint density at radius 2 is 1.82 bits per heavy atom. The monoisotopic (exact) mass is 384 g/mol. The van der Waals surface area contributed by atoms with Gasteiger partial charge in [-0.25, -0.2) is 18.7 Å². The van der Waals surface area contributed by atoms with Crippen molar-refractivity contribution in [3.8, 4) is 5.75 Å². The quantitative estimate of drug-likeness (QED) is 0.677. The predicted molar refractivity (Wildman–Crippen MR) is 101 cm³/mol. The first-order chi connectivity index (χ1) is 13.4. The molecule has 2 aromatic carbocycles. The van der Waals surface area contributed by atoms with Gasteiger partial charge in [0.25, 0.3) is 5.91 Å². The molecular weight excluding hydrogens is 366 g/mol. The summed E-state index contributed by atoms with van der Waals surface area (Å²) in [6, 6.07) is 11.8. The standard InChI is InChI=1S/C20H18F2N4O2/c1-12-24-18(20(27)23-11-13-3-6-15(28-2)7-4-13)10-19(25-12)26-17-8-5-14(21)9-16(17)22/h3-10H,11H2,1-2H3,(H,23,27)(H,24,25,26). The van der Waals surface area contributed by atoms with Crippen molar-refractivity contribution in [2.45, 2.75) is 13.5 Å². The number of methoxy groups -OCH3 is 1. The fourth-order valence-electron chi connectivity index (χ4n) is 2.49. The number of benzene rings is 2. The van der Waals surface area contributed by atoms with Crippen molar-refractivity contribution in [2.24, 2.45) is 0 Å². The summed E-state index contributed by atoms with van der Waals surface area (Å²) in [5.74, 6) is -0.550. The summed E-state index contributed by atoms with van der Waals surface area (Å²) in [6.45, 7) is 1.92. The zero-order valence-corrected chi connectivity index (χ0v) is 15.3. The molecule has 0 saturated heterocycles. The highest BCUT2D eigenvalue weighted by Gasteiger charge is 2.12. The number of aromatic nitrogens is 2. The summed E-state index contributed by atoms with van der Waals surface area (Å²) in [6.07, 6.45) is 0. The number of hydrogen-bond donors (Lipinski definition) is 2. The van der Waals surface area contributed by atoms with E-state index >= 15 is 0 Å². The Morgan fingerprint density at radius 1 is 1.07 bits per heavy atom. The largest absolute Gasteiger partial charge is 0.497 e. The highest BCUT2D eigenvalue weighted by Crippen LogP contribution is 2.20. The second-order valence-corrected chi connectivity index (χ2v) is 5.97. The molecule has 0 unspecified atom stereocenters. The maximum absolute atomic E-state index is 13.8. The van der Waals surface area contributed by atoms with Gasteiger partial charge in [-0.15, -0.1) is 0 Å². The Balaban J connectivity index is 1.71. The van der Waals surface area contributed by atoms with Gasteiger partial charge in [-0.3, -0.25) is 4.79 Å². The van der Waals surface area contributed by atoms with Gasteiger partial charge in [0.15, 0.2) is 0 Å². The molecule has 3 aromatic rings. The minimum absolute atomic E-state index is 0.0455. The molecule has 0 bridgehead atoms. The molecule has 0 radical (unpaired) electrons. The lowest BCUT2D eigenvalue weighted by Gasteiger charge is -2.10. The van der Waals surface area contributed by atoms with Crippen LogP contribution in [0.3, 0.4) is 0 Å². The molecule has 0 atom stereocenters. The first-order valence-electron chi connectivity index (χ1n) is 8.43. The van der Waals surface area contributed by atoms with Gasteiger partial charge in [0, 0.05) is 18.7 Å². The van der Waals surface area contributed by atoms with Crippen LogP contribution in [0.15, 0.2) is 48.5 Å². The molecule has 1 aromatic heterocycles. The van der Waals surface area contributed by atoms with Crippen molar-refractivity contribution in [2.75, 3.05) is 12.4 Å². The van der Waals surface area contributed by atoms with E-state index in [1.54, 1.807) is 26.2 Å². The number of rotatable bonds is 6. The Morgan fingerprint density at radius 3 is 2.50 bits per heavy atom. The van der Waals surface area contributed by atoms with E-state index in [1.807, 2.05) is 12.1 Å². The SMILES string of the molecule is COc1ccc(CNC(=O)c2cc(Nc3ccc(F)cc3F)nc(C)n2)cc1. The van der Waals surface area contributed by atoms with Gasteiger partial charge in [-0.1, -0.05) is 12.1 Å². The number of nitrogens with zero attached hydrogens (tertiary/aromatic N) is 2. The van der Waals surface area contributed by atoms with Gasteiger partial charge in [-0.05, 0) is 36.8 Å². The van der Waals surface area contributed by atoms with Crippen LogP contribution < -0.4 is 15.4 Å². The molecule has 144 valence electrons. The maximum Gasteiger partial charge on any atom is 0.270 e. The number of halogens is 2. The number of anilines is 2. The van der Waals surface area contributed by atoms with E-state index in [2.05, 4.69) is 20.6 Å². The molecular formula is C20H18F2N4O2. The third-order valence-electron chi connectivity index (χ3n) is 3.88. The minimum atomic E-state index is -0.762. The molecule has 1 heterocycles. The molecule has 0 aliphatic heterocycles. The van der Waals surface area contributed by atoms with Gasteiger partial charge in [-0.2, -0.15) is 0 Å². The van der Waals surface area contributed by atoms with Crippen molar-refractivity contribution in [1.82, 2.24) is 15.3 Å². The van der Waals surface area contributed by atoms with Crippen LogP contribution >= 0.6 is 0 Å². The van der Waals surface area contributed by atoms with Gasteiger partial charge < -0.3 is 15.4 Å². The van der Waals surface area contributed by atoms with E-state index < -0.39 is 17.5 Å². The summed E-state index contributed by atoms with van der Waals surface area (Å²) >= 11 is 0. The first-order valence-corrected chi connectivity index (χ1v) is 8.43. The zero-order chi connectivity index (χ0) is 20.1. The van der Waals surface area contributed by atoms with Crippen molar-refractivity contribution in [3.05, 3.63) is 77.2 Å². The van der Waals surface area contributed by atoms with Crippen molar-refractivity contribution in [3.63, 3.8) is 0 Å². The minimum Gasteiger partial charge on any atom is -0.497 e. The Labute approximate surface area is 160 Å². The molecule has 0 fully saturated rings. The lowest BCUT2D eigenvalue weighted by molar-refractivity contribution is 0.0945. The number of carbonyl (C=O) groups excluding carboxylic acids is 1. The molecule has 2 N–H and O–H groups in total. The van der Waals surface area contributed by atoms with Crippen LogP contribution in [0, 0.1) is 18.6 Å². The Bertz CT molecular complexity index is 994. The topological polar surface area (TPSA) is 76.1 Å². The van der Waals surface area contributed by atoms with Gasteiger partial charge in [0.1, 0.15) is 34.7 Å². The van der Waals surface area contributed by atoms with E-state index in [1.165, 1.54) is 12.1 Å². The van der Waals surface area contributed by atoms with Crippen molar-refractivity contribution < 1.29 is 18.3 Å². The van der Waals surface area contributed by atoms with Crippen molar-refractivity contribution in [1.29, 1.82) is 0 Å². The maximum atomic E-state index is 13.8. The normalized spacial score (nSPS) is 10.4. The summed E-state index contributed by atoms with van der Waals surface area (Å²) in [5, 5.41) is 5.50. The third-order valence-corrected chi connectivity index (χ3v) is 3.88. The van der Waals surface area contributed by atoms with Crippen LogP contribution in [-0.4, -0.2) is 23.0 Å². The van der Waals surface area contributed by atoms with E-state index in [-0.39, 0.29) is 17.2 Å². The number of amides is 1. The average Bonchev–Trinajstić information content (AvgIpc) is 2.68. The van der Waals surface area contributed by atoms with Crippen LogP contribution in [0.5, 0.6) is 5.75 Å². The molecule has 28 heavy (non-hydrogen) atoms. The van der Waals surface area contributed by atoms with E-state index in [0.29, 0.717) is 12.4 Å². The molecule has 1 amide bonds. The smallest absolute Gasteiger partial charge is 0.270 e. The average molecular weight is 384 g/mol. The lowest BCUT2D eigenvalue weighted by atomic mass is 10.2. The zero-order valence-electron chi connectivity index (χ0n) is 15.3. The summed E-state index contributed by atoms with van der Waals surface area (Å²) < 4.78 is 32.0. The summed E-state index contributed by atoms with van der Waals surface area (Å²) in [4.78, 5) is 20.7. The van der Waals surface area contributed by atoms with Crippen LogP contribution in [0.4, 0.5) is 20.3 Å². The van der Waals surface area contributed by atoms with Crippen LogP contribution in [-0.2, 0) is 6.54 Å². The Hall–Kier alpha value is -3.55. The van der Waals surface area contributed by atoms with Gasteiger partial charge in [0.2, 0.25) is 0 Å². The highest BCUT2D eigenvalue weighted by atomic mass is 19.1. The molecule has 0 aliphatic rings. The molecule has 0 saturated carbocycles. The molecule has 8 heteroatoms. The fraction of sp³-hybridized carbons (Fsp3) is 0.150. The van der Waals surface area contributed by atoms with E-state index in [9.17, 15) is 13.6 Å². The Kier molecular flexibility index (Phi) is 5.78. The second kappa shape index (κ2) is 8.43. The third kappa shape index (κ3) is 4.79. The highest BCUT2D eigenvalue weighted by molar-refractivity contribution is 5.93. The number of ether oxygens (including phenoxy) is 1. The number of hydrogen-bond acceptors (Lipinski definition) is 5. The van der Waals surface area contributed by atoms with Crippen LogP contribution in [0.1, 0.15) is 21.9 Å². The fourth-order valence-corrected chi connectivity index (χ4v) is 2.49. The van der Waals surface area contributed by atoms with Crippen molar-refractivity contribution >= 4 is 17.4 Å². The van der Waals surface area contributed by atoms with E-state index in [0.717, 1.165) is 23.4 Å². The number of carbonyl (C=O) groups is 1. The number of aryl methyl sites for hydroxylation is 1. The second-order valence-electron chi connectivity index (χ2n) is 5.97. The molecule has 0 aliphatic carbocycles. The summed E-state index contributed by atoms with van der Waals surface area (Å²) in [5.41, 5.74) is 1.07. The molecule has 6 nitrogen and oxygen atoms in total. The van der Waals surface area contributed by atoms with Crippen LogP contribution in [0.25, 0.3) is 0 Å². The summed E-state index contributed by atoms with van der Waals surface area (Å²) in [7, 11) is 1.58. The van der Waals surface area contributed by atoms with Gasteiger partial charge >= 0.3 is 0 Å². The number of nitrogens with one attached hydrogen (secondary N) is 2. The lowest BCUT2D eigenvalue weighted by Crippen LogP contribution is -2.24. The predicted octanol–water partition coefficient (Wildman–Crippen LogP) is 3.75. The first kappa shape index (κ1) is 19.2. The van der Waals surface area contributed by atoms with Gasteiger partial charge in [0.05, 0.1) is 12.8 Å². The van der Waals surface area contributed by atoms with E-state index in [4.69, 9.17) is 4.74 Å².